The third-order valence-electron chi connectivity index (χ3n) is 8.17. The number of rotatable bonds is 6. The zero-order valence-corrected chi connectivity index (χ0v) is 17.8. The molecule has 0 radical (unpaired) electrons. The first-order chi connectivity index (χ1) is 14.7. The van der Waals surface area contributed by atoms with Crippen molar-refractivity contribution < 1.29 is 29.3 Å². The molecule has 1 spiro atoms. The molecule has 0 aromatic heterocycles. The van der Waals surface area contributed by atoms with Gasteiger partial charge in [-0.3, -0.25) is 14.9 Å². The van der Waals surface area contributed by atoms with E-state index in [0.29, 0.717) is 18.6 Å². The number of piperidine rings is 1. The molecule has 9 heteroatoms. The topological polar surface area (TPSA) is 134 Å². The number of aromatic hydroxyl groups is 1. The highest BCUT2D eigenvalue weighted by Crippen LogP contribution is 2.66. The molecule has 1 aromatic rings. The van der Waals surface area contributed by atoms with Gasteiger partial charge in [0, 0.05) is 24.8 Å². The predicted octanol–water partition coefficient (Wildman–Crippen LogP) is 0.117. The Morgan fingerprint density at radius 1 is 1.42 bits per heavy atom. The fourth-order valence-electron chi connectivity index (χ4n) is 6.99. The standard InChI is InChI=1S/C22H29N3O6/c1-25-8-7-21-17-11-3-4-14(26)18(17)31-19(21)12(24-13(20(28)29)10-16(23)27)5-6-22(21,30-2)15(25)9-11/h3-4,12-13,15,19,24,26H,5-10H2,1-2H3,(H2,23,27)(H,28,29)/t12?,13-,15+,19?,21-,22+/m0/s1. The number of nitrogens with zero attached hydrogens (tertiary/aromatic N) is 1. The number of phenolic OH excluding ortho intramolecular Hbond substituents is 1. The van der Waals surface area contributed by atoms with Crippen molar-refractivity contribution >= 4 is 11.9 Å². The van der Waals surface area contributed by atoms with Gasteiger partial charge < -0.3 is 30.3 Å². The summed E-state index contributed by atoms with van der Waals surface area (Å²) >= 11 is 0. The summed E-state index contributed by atoms with van der Waals surface area (Å²) in [5.74, 6) is -1.21. The average molecular weight is 431 g/mol. The summed E-state index contributed by atoms with van der Waals surface area (Å²) in [5, 5.41) is 23.4. The first-order valence-electron chi connectivity index (χ1n) is 10.8. The molecule has 2 aliphatic heterocycles. The number of methoxy groups -OCH3 is 1. The van der Waals surface area contributed by atoms with Crippen LogP contribution >= 0.6 is 0 Å². The van der Waals surface area contributed by atoms with Crippen molar-refractivity contribution in [2.24, 2.45) is 5.73 Å². The highest BCUT2D eigenvalue weighted by atomic mass is 16.5. The molecule has 2 unspecified atom stereocenters. The quantitative estimate of drug-likeness (QED) is 0.499. The molecular weight excluding hydrogens is 402 g/mol. The summed E-state index contributed by atoms with van der Waals surface area (Å²) in [6.07, 6.45) is 2.20. The molecule has 2 bridgehead atoms. The summed E-state index contributed by atoms with van der Waals surface area (Å²) in [4.78, 5) is 25.6. The van der Waals surface area contributed by atoms with E-state index >= 15 is 0 Å². The van der Waals surface area contributed by atoms with Crippen LogP contribution < -0.4 is 15.8 Å². The van der Waals surface area contributed by atoms with Gasteiger partial charge in [0.1, 0.15) is 12.1 Å². The number of ether oxygens (including phenoxy) is 2. The minimum Gasteiger partial charge on any atom is -0.504 e. The van der Waals surface area contributed by atoms with E-state index in [1.54, 1.807) is 13.2 Å². The van der Waals surface area contributed by atoms with Crippen LogP contribution in [0.5, 0.6) is 11.5 Å². The fourth-order valence-corrected chi connectivity index (χ4v) is 6.99. The third kappa shape index (κ3) is 2.54. The summed E-state index contributed by atoms with van der Waals surface area (Å²) in [5.41, 5.74) is 6.43. The Balaban J connectivity index is 1.63. The largest absolute Gasteiger partial charge is 0.504 e. The second-order valence-electron chi connectivity index (χ2n) is 9.37. The summed E-state index contributed by atoms with van der Waals surface area (Å²) < 4.78 is 12.8. The van der Waals surface area contributed by atoms with Gasteiger partial charge >= 0.3 is 5.97 Å². The van der Waals surface area contributed by atoms with Crippen LogP contribution in [0.25, 0.3) is 0 Å². The number of hydrogen-bond acceptors (Lipinski definition) is 7. The van der Waals surface area contributed by atoms with Crippen molar-refractivity contribution in [1.82, 2.24) is 10.2 Å². The van der Waals surface area contributed by atoms with E-state index in [1.165, 1.54) is 0 Å². The Hall–Kier alpha value is -2.36. The van der Waals surface area contributed by atoms with Crippen LogP contribution in [0.4, 0.5) is 0 Å². The molecule has 1 amide bonds. The van der Waals surface area contributed by atoms with Gasteiger partial charge in [-0.1, -0.05) is 6.07 Å². The maximum atomic E-state index is 11.8. The average Bonchev–Trinajstić information content (AvgIpc) is 3.08. The molecule has 4 aliphatic rings. The summed E-state index contributed by atoms with van der Waals surface area (Å²) in [7, 11) is 3.87. The number of carbonyl (C=O) groups excluding carboxylic acids is 1. The number of carboxylic acids is 1. The minimum absolute atomic E-state index is 0.0931. The Bertz CT molecular complexity index is 953. The monoisotopic (exact) mass is 431 g/mol. The van der Waals surface area contributed by atoms with E-state index in [9.17, 15) is 19.8 Å². The lowest BCUT2D eigenvalue weighted by atomic mass is 9.48. The van der Waals surface area contributed by atoms with Crippen LogP contribution in [0, 0.1) is 0 Å². The van der Waals surface area contributed by atoms with Gasteiger partial charge in [0.25, 0.3) is 0 Å². The summed E-state index contributed by atoms with van der Waals surface area (Å²) in [6, 6.07) is 2.37. The smallest absolute Gasteiger partial charge is 0.321 e. The third-order valence-corrected chi connectivity index (χ3v) is 8.17. The minimum atomic E-state index is -1.12. The Labute approximate surface area is 180 Å². The molecule has 1 saturated carbocycles. The predicted molar refractivity (Wildman–Crippen MR) is 110 cm³/mol. The number of hydrogen-bond donors (Lipinski definition) is 4. The highest BCUT2D eigenvalue weighted by molar-refractivity contribution is 5.83. The van der Waals surface area contributed by atoms with Gasteiger partial charge in [0.2, 0.25) is 5.91 Å². The maximum absolute atomic E-state index is 11.8. The molecule has 1 aromatic carbocycles. The molecule has 6 atom stereocenters. The number of phenols is 1. The molecule has 5 N–H and O–H groups in total. The molecular formula is C22H29N3O6. The van der Waals surface area contributed by atoms with E-state index in [1.807, 2.05) is 6.07 Å². The van der Waals surface area contributed by atoms with Crippen molar-refractivity contribution in [1.29, 1.82) is 0 Å². The van der Waals surface area contributed by atoms with Gasteiger partial charge in [-0.25, -0.2) is 0 Å². The van der Waals surface area contributed by atoms with Gasteiger partial charge in [-0.15, -0.1) is 0 Å². The molecule has 31 heavy (non-hydrogen) atoms. The van der Waals surface area contributed by atoms with Gasteiger partial charge in [-0.05, 0) is 50.9 Å². The molecule has 2 heterocycles. The first-order valence-corrected chi connectivity index (χ1v) is 10.8. The molecule has 5 rings (SSSR count). The number of benzene rings is 1. The number of nitrogens with two attached hydrogens (primary N) is 1. The number of aliphatic carboxylic acids is 1. The van der Waals surface area contributed by atoms with E-state index in [2.05, 4.69) is 17.3 Å². The molecule has 2 fully saturated rings. The number of amides is 1. The van der Waals surface area contributed by atoms with E-state index < -0.39 is 35.0 Å². The zero-order chi connectivity index (χ0) is 22.1. The molecule has 168 valence electrons. The number of likely N-dealkylation sites (tertiary alicyclic amines) is 1. The lowest BCUT2D eigenvalue weighted by Gasteiger charge is -2.65. The van der Waals surface area contributed by atoms with Crippen LogP contribution in [0.15, 0.2) is 12.1 Å². The van der Waals surface area contributed by atoms with Crippen molar-refractivity contribution in [3.8, 4) is 11.5 Å². The highest BCUT2D eigenvalue weighted by Gasteiger charge is 2.73. The number of nitrogens with one attached hydrogen (secondary N) is 1. The van der Waals surface area contributed by atoms with Gasteiger partial charge in [0.15, 0.2) is 11.5 Å². The van der Waals surface area contributed by atoms with E-state index in [-0.39, 0.29) is 24.3 Å². The number of carboxylic acid groups (broad SMARTS) is 1. The maximum Gasteiger partial charge on any atom is 0.321 e. The van der Waals surface area contributed by atoms with Crippen LogP contribution in [0.2, 0.25) is 0 Å². The van der Waals surface area contributed by atoms with E-state index in [0.717, 1.165) is 30.5 Å². The van der Waals surface area contributed by atoms with Crippen molar-refractivity contribution in [2.45, 2.75) is 67.3 Å². The normalized spacial score (nSPS) is 36.4. The second kappa shape index (κ2) is 6.82. The second-order valence-corrected chi connectivity index (χ2v) is 9.37. The molecule has 2 aliphatic carbocycles. The van der Waals surface area contributed by atoms with Crippen molar-refractivity contribution in [3.63, 3.8) is 0 Å². The number of likely N-dealkylation sites (N-methyl/N-ethyl adjacent to an activating group) is 1. The lowest BCUT2D eigenvalue weighted by Crippen LogP contribution is -2.78. The Kier molecular flexibility index (Phi) is 4.52. The number of primary amides is 1. The van der Waals surface area contributed by atoms with Crippen LogP contribution in [-0.4, -0.2) is 77.5 Å². The Morgan fingerprint density at radius 2 is 2.19 bits per heavy atom. The van der Waals surface area contributed by atoms with Crippen molar-refractivity contribution in [3.05, 3.63) is 23.3 Å². The van der Waals surface area contributed by atoms with Gasteiger partial charge in [-0.2, -0.15) is 0 Å². The SMILES string of the molecule is CO[C@@]12CCC(N[C@@H](CC(N)=O)C(=O)O)C3Oc4c(O)ccc5c4[C@@]31CCN(C)[C@@H]2C5. The van der Waals surface area contributed by atoms with E-state index in [4.69, 9.17) is 15.2 Å². The first kappa shape index (κ1) is 20.5. The van der Waals surface area contributed by atoms with Crippen molar-refractivity contribution in [2.75, 3.05) is 20.7 Å². The number of carbonyl (C=O) groups is 2. The zero-order valence-electron chi connectivity index (χ0n) is 17.8. The summed E-state index contributed by atoms with van der Waals surface area (Å²) in [6.45, 7) is 0.848. The molecule has 1 saturated heterocycles. The Morgan fingerprint density at radius 3 is 2.87 bits per heavy atom. The fraction of sp³-hybridized carbons (Fsp3) is 0.636. The van der Waals surface area contributed by atoms with Gasteiger partial charge in [0.05, 0.1) is 17.4 Å². The van der Waals surface area contributed by atoms with Crippen LogP contribution in [0.1, 0.15) is 36.8 Å². The van der Waals surface area contributed by atoms with Crippen LogP contribution in [0.3, 0.4) is 0 Å². The lowest BCUT2D eigenvalue weighted by molar-refractivity contribution is -0.204. The van der Waals surface area contributed by atoms with Crippen LogP contribution in [-0.2, 0) is 26.2 Å². The molecule has 9 nitrogen and oxygen atoms in total.